The second-order valence-corrected chi connectivity index (χ2v) is 5.60. The Morgan fingerprint density at radius 2 is 1.95 bits per heavy atom. The number of thioether (sulfide) groups is 1. The molecule has 0 aliphatic carbocycles. The second-order valence-electron chi connectivity index (χ2n) is 4.21. The molecule has 1 aromatic heterocycles. The second kappa shape index (κ2) is 8.19. The molecule has 2 N–H and O–H groups in total. The molecule has 0 spiro atoms. The fourth-order valence-corrected chi connectivity index (χ4v) is 2.38. The minimum Gasteiger partial charge on any atom is -0.368 e. The van der Waals surface area contributed by atoms with E-state index in [1.54, 1.807) is 0 Å². The van der Waals surface area contributed by atoms with Gasteiger partial charge in [-0.25, -0.2) is 13.8 Å². The van der Waals surface area contributed by atoms with Crippen LogP contribution < -0.4 is 10.6 Å². The highest BCUT2D eigenvalue weighted by Crippen LogP contribution is 2.20. The molecule has 0 saturated carbocycles. The van der Waals surface area contributed by atoms with Crippen molar-refractivity contribution in [1.29, 1.82) is 0 Å². The zero-order valence-corrected chi connectivity index (χ0v) is 12.4. The summed E-state index contributed by atoms with van der Waals surface area (Å²) in [6.07, 6.45) is 0.910. The topological polar surface area (TPSA) is 37.0 Å². The Morgan fingerprint density at radius 1 is 1.26 bits per heavy atom. The van der Waals surface area contributed by atoms with Crippen molar-refractivity contribution in [2.45, 2.75) is 33.2 Å². The number of anilines is 2. The number of nitrogens with one attached hydrogen (secondary N) is 2. The van der Waals surface area contributed by atoms with Gasteiger partial charge < -0.3 is 10.6 Å². The van der Waals surface area contributed by atoms with Gasteiger partial charge >= 0.3 is 0 Å². The van der Waals surface area contributed by atoms with Crippen molar-refractivity contribution in [1.82, 2.24) is 4.98 Å². The summed E-state index contributed by atoms with van der Waals surface area (Å²) < 4.78 is 27.0. The van der Waals surface area contributed by atoms with Gasteiger partial charge in [-0.15, -0.1) is 0 Å². The van der Waals surface area contributed by atoms with Gasteiger partial charge in [-0.2, -0.15) is 11.8 Å². The van der Waals surface area contributed by atoms with Crippen LogP contribution in [0.5, 0.6) is 0 Å². The van der Waals surface area contributed by atoms with Crippen LogP contribution in [0.1, 0.15) is 27.2 Å². The summed E-state index contributed by atoms with van der Waals surface area (Å²) in [5, 5.41) is 5.76. The number of halogens is 2. The molecule has 1 atom stereocenters. The number of aromatic nitrogens is 1. The Labute approximate surface area is 117 Å². The monoisotopic (exact) mass is 289 g/mol. The van der Waals surface area contributed by atoms with Crippen molar-refractivity contribution in [2.75, 3.05) is 28.7 Å². The Morgan fingerprint density at radius 3 is 2.58 bits per heavy atom. The van der Waals surface area contributed by atoms with Crippen LogP contribution in [-0.2, 0) is 0 Å². The van der Waals surface area contributed by atoms with E-state index < -0.39 is 11.6 Å². The number of rotatable bonds is 8. The Bertz CT molecular complexity index is 402. The zero-order chi connectivity index (χ0) is 14.3. The molecule has 0 aliphatic rings. The van der Waals surface area contributed by atoms with E-state index in [9.17, 15) is 8.78 Å². The van der Waals surface area contributed by atoms with Crippen molar-refractivity contribution >= 4 is 23.4 Å². The van der Waals surface area contributed by atoms with Crippen LogP contribution in [0.2, 0.25) is 0 Å². The molecule has 0 saturated heterocycles. The summed E-state index contributed by atoms with van der Waals surface area (Å²) in [5.41, 5.74) is 0. The summed E-state index contributed by atoms with van der Waals surface area (Å²) in [6.45, 7) is 6.44. The highest BCUT2D eigenvalue weighted by atomic mass is 32.2. The van der Waals surface area contributed by atoms with Crippen molar-refractivity contribution in [3.8, 4) is 0 Å². The third-order valence-electron chi connectivity index (χ3n) is 2.56. The van der Waals surface area contributed by atoms with E-state index in [1.165, 1.54) is 0 Å². The van der Waals surface area contributed by atoms with E-state index in [0.29, 0.717) is 6.54 Å². The Balaban J connectivity index is 2.68. The molecule has 0 bridgehead atoms. The number of hydrogen-bond acceptors (Lipinski definition) is 4. The minimum atomic E-state index is -0.668. The van der Waals surface area contributed by atoms with Gasteiger partial charge in [0.1, 0.15) is 0 Å². The molecule has 0 aliphatic heterocycles. The molecular formula is C13H21F2N3S. The maximum atomic E-state index is 13.6. The lowest BCUT2D eigenvalue weighted by Crippen LogP contribution is -2.19. The van der Waals surface area contributed by atoms with E-state index in [4.69, 9.17) is 0 Å². The predicted octanol–water partition coefficient (Wildman–Crippen LogP) is 3.74. The molecular weight excluding hydrogens is 268 g/mol. The number of hydrogen-bond donors (Lipinski definition) is 2. The zero-order valence-electron chi connectivity index (χ0n) is 11.6. The standard InChI is InChI=1S/C13H21F2N3S/c1-4-16-12-10(14)8-11(15)13(18-12)17-9(3)6-7-19-5-2/h8-9H,4-7H2,1-3H3,(H2,16,17,18). The average molecular weight is 289 g/mol. The van der Waals surface area contributed by atoms with Gasteiger partial charge in [0.25, 0.3) is 0 Å². The molecule has 0 radical (unpaired) electrons. The Hall–Kier alpha value is -1.04. The maximum absolute atomic E-state index is 13.6. The molecule has 1 aromatic rings. The SMILES string of the molecule is CCNc1nc(NC(C)CCSCC)c(F)cc1F. The molecule has 3 nitrogen and oxygen atoms in total. The first kappa shape index (κ1) is 16.0. The van der Waals surface area contributed by atoms with Gasteiger partial charge in [0, 0.05) is 18.7 Å². The fourth-order valence-electron chi connectivity index (χ4n) is 1.57. The van der Waals surface area contributed by atoms with Crippen LogP contribution in [0.15, 0.2) is 6.07 Å². The lowest BCUT2D eigenvalue weighted by atomic mass is 10.2. The Kier molecular flexibility index (Phi) is 6.91. The van der Waals surface area contributed by atoms with Gasteiger partial charge in [-0.3, -0.25) is 0 Å². The van der Waals surface area contributed by atoms with Crippen LogP contribution in [0, 0.1) is 11.6 Å². The molecule has 19 heavy (non-hydrogen) atoms. The van der Waals surface area contributed by atoms with Crippen molar-refractivity contribution in [3.05, 3.63) is 17.7 Å². The normalized spacial score (nSPS) is 12.3. The lowest BCUT2D eigenvalue weighted by Gasteiger charge is -2.16. The van der Waals surface area contributed by atoms with Crippen molar-refractivity contribution < 1.29 is 8.78 Å². The van der Waals surface area contributed by atoms with Gasteiger partial charge in [0.05, 0.1) is 0 Å². The van der Waals surface area contributed by atoms with E-state index >= 15 is 0 Å². The first-order valence-electron chi connectivity index (χ1n) is 6.52. The van der Waals surface area contributed by atoms with Crippen LogP contribution >= 0.6 is 11.8 Å². The van der Waals surface area contributed by atoms with Crippen molar-refractivity contribution in [2.24, 2.45) is 0 Å². The predicted molar refractivity (Wildman–Crippen MR) is 79.0 cm³/mol. The molecule has 1 rings (SSSR count). The first-order valence-corrected chi connectivity index (χ1v) is 7.68. The minimum absolute atomic E-state index is 0.0848. The fraction of sp³-hybridized carbons (Fsp3) is 0.615. The molecule has 0 amide bonds. The molecule has 0 fully saturated rings. The largest absolute Gasteiger partial charge is 0.368 e. The van der Waals surface area contributed by atoms with E-state index in [1.807, 2.05) is 25.6 Å². The third-order valence-corrected chi connectivity index (χ3v) is 3.49. The number of nitrogens with zero attached hydrogens (tertiary/aromatic N) is 1. The molecule has 1 heterocycles. The van der Waals surface area contributed by atoms with Gasteiger partial charge in [-0.1, -0.05) is 6.92 Å². The van der Waals surface area contributed by atoms with Crippen LogP contribution in [-0.4, -0.2) is 29.1 Å². The van der Waals surface area contributed by atoms with Gasteiger partial charge in [0.15, 0.2) is 23.3 Å². The summed E-state index contributed by atoms with van der Waals surface area (Å²) in [7, 11) is 0. The van der Waals surface area contributed by atoms with Crippen LogP contribution in [0.3, 0.4) is 0 Å². The summed E-state index contributed by atoms with van der Waals surface area (Å²) in [5.74, 6) is 0.940. The maximum Gasteiger partial charge on any atom is 0.168 e. The van der Waals surface area contributed by atoms with E-state index in [2.05, 4.69) is 22.5 Å². The van der Waals surface area contributed by atoms with Crippen LogP contribution in [0.25, 0.3) is 0 Å². The van der Waals surface area contributed by atoms with Crippen molar-refractivity contribution in [3.63, 3.8) is 0 Å². The van der Waals surface area contributed by atoms with Gasteiger partial charge in [0.2, 0.25) is 0 Å². The summed E-state index contributed by atoms with van der Waals surface area (Å²) >= 11 is 1.84. The smallest absolute Gasteiger partial charge is 0.168 e. The number of pyridine rings is 1. The molecule has 6 heteroatoms. The lowest BCUT2D eigenvalue weighted by molar-refractivity contribution is 0.575. The highest BCUT2D eigenvalue weighted by Gasteiger charge is 2.13. The van der Waals surface area contributed by atoms with E-state index in [0.717, 1.165) is 24.0 Å². The van der Waals surface area contributed by atoms with E-state index in [-0.39, 0.29) is 17.7 Å². The first-order chi connectivity index (χ1) is 9.08. The molecule has 0 aromatic carbocycles. The molecule has 1 unspecified atom stereocenters. The van der Waals surface area contributed by atoms with Crippen LogP contribution in [0.4, 0.5) is 20.4 Å². The average Bonchev–Trinajstić information content (AvgIpc) is 2.35. The molecule has 108 valence electrons. The third kappa shape index (κ3) is 5.22. The quantitative estimate of drug-likeness (QED) is 0.715. The summed E-state index contributed by atoms with van der Waals surface area (Å²) in [6, 6.07) is 0.960. The summed E-state index contributed by atoms with van der Waals surface area (Å²) in [4.78, 5) is 3.95. The highest BCUT2D eigenvalue weighted by molar-refractivity contribution is 7.99. The van der Waals surface area contributed by atoms with Gasteiger partial charge in [-0.05, 0) is 31.8 Å².